The maximum atomic E-state index is 13.4. The Hall–Kier alpha value is -3.44. The van der Waals surface area contributed by atoms with Crippen LogP contribution in [-0.4, -0.2) is 34.7 Å². The number of cyclic esters (lactones) is 1. The molecule has 0 saturated carbocycles. The lowest BCUT2D eigenvalue weighted by Crippen LogP contribution is -2.46. The summed E-state index contributed by atoms with van der Waals surface area (Å²) in [5, 5.41) is 10.8. The van der Waals surface area contributed by atoms with E-state index in [9.17, 15) is 14.7 Å². The lowest BCUT2D eigenvalue weighted by Gasteiger charge is -2.31. The predicted octanol–water partition coefficient (Wildman–Crippen LogP) is 4.54. The quantitative estimate of drug-likeness (QED) is 0.642. The van der Waals surface area contributed by atoms with E-state index in [4.69, 9.17) is 4.74 Å². The highest BCUT2D eigenvalue weighted by Gasteiger charge is 2.45. The molecule has 0 aromatic heterocycles. The summed E-state index contributed by atoms with van der Waals surface area (Å²) in [4.78, 5) is 27.3. The molecule has 0 unspecified atom stereocenters. The molecule has 5 nitrogen and oxygen atoms in total. The monoisotopic (exact) mass is 415 g/mol. The lowest BCUT2D eigenvalue weighted by atomic mass is 9.84. The van der Waals surface area contributed by atoms with Crippen LogP contribution in [0.4, 0.5) is 4.79 Å². The Morgan fingerprint density at radius 3 is 1.81 bits per heavy atom. The summed E-state index contributed by atoms with van der Waals surface area (Å²) in [5.74, 6) is -1.48. The second-order valence-electron chi connectivity index (χ2n) is 7.80. The molecule has 3 aromatic carbocycles. The number of hydrogen-bond donors (Lipinski definition) is 1. The van der Waals surface area contributed by atoms with Crippen LogP contribution in [0.2, 0.25) is 0 Å². The van der Waals surface area contributed by atoms with Gasteiger partial charge in [-0.2, -0.15) is 0 Å². The minimum absolute atomic E-state index is 0.104. The fraction of sp³-hybridized carbons (Fsp3) is 0.231. The molecular formula is C26H25NO4. The molecule has 1 saturated heterocycles. The largest absolute Gasteiger partial charge is 0.447 e. The fourth-order valence-electron chi connectivity index (χ4n) is 4.19. The van der Waals surface area contributed by atoms with Crippen molar-refractivity contribution in [3.63, 3.8) is 0 Å². The number of carbonyl (C=O) groups is 2. The highest BCUT2D eigenvalue weighted by molar-refractivity contribution is 5.95. The number of benzene rings is 3. The van der Waals surface area contributed by atoms with Crippen molar-refractivity contribution in [3.05, 3.63) is 108 Å². The molecule has 1 fully saturated rings. The van der Waals surface area contributed by atoms with Crippen molar-refractivity contribution in [2.24, 2.45) is 5.92 Å². The van der Waals surface area contributed by atoms with Crippen molar-refractivity contribution >= 4 is 12.0 Å². The van der Waals surface area contributed by atoms with E-state index in [0.29, 0.717) is 5.56 Å². The van der Waals surface area contributed by atoms with Crippen molar-refractivity contribution in [2.75, 3.05) is 6.61 Å². The van der Waals surface area contributed by atoms with Gasteiger partial charge in [-0.1, -0.05) is 97.9 Å². The molecule has 5 heteroatoms. The zero-order chi connectivity index (χ0) is 21.8. The molecule has 158 valence electrons. The number of ether oxygens (including phenoxy) is 1. The van der Waals surface area contributed by atoms with Crippen LogP contribution in [0.15, 0.2) is 91.0 Å². The van der Waals surface area contributed by atoms with E-state index >= 15 is 0 Å². The van der Waals surface area contributed by atoms with Gasteiger partial charge in [0.2, 0.25) is 5.91 Å². The molecule has 0 aliphatic carbocycles. The standard InChI is InChI=1S/C26H25NO4/c1-18(24(28)21-15-9-4-10-16-21)25(29)27-22(17-31-26(27)30)23(19-11-5-2-6-12-19)20-13-7-3-8-14-20/h2-16,18,22-24,28H,17H2,1H3/t18-,22+,24-/m1/s1. The van der Waals surface area contributed by atoms with Crippen LogP contribution in [0, 0.1) is 5.92 Å². The highest BCUT2D eigenvalue weighted by atomic mass is 16.6. The molecule has 1 aliphatic rings. The molecule has 31 heavy (non-hydrogen) atoms. The fourth-order valence-corrected chi connectivity index (χ4v) is 4.19. The Labute approximate surface area is 181 Å². The van der Waals surface area contributed by atoms with Gasteiger partial charge in [-0.05, 0) is 16.7 Å². The van der Waals surface area contributed by atoms with Gasteiger partial charge < -0.3 is 9.84 Å². The summed E-state index contributed by atoms with van der Waals surface area (Å²) < 4.78 is 5.34. The molecule has 2 amide bonds. The molecule has 3 aromatic rings. The number of amides is 2. The molecule has 1 heterocycles. The zero-order valence-corrected chi connectivity index (χ0v) is 17.3. The Morgan fingerprint density at radius 1 is 0.871 bits per heavy atom. The van der Waals surface area contributed by atoms with Gasteiger partial charge in [-0.3, -0.25) is 4.79 Å². The first-order valence-corrected chi connectivity index (χ1v) is 10.4. The average molecular weight is 415 g/mol. The van der Waals surface area contributed by atoms with Crippen LogP contribution in [-0.2, 0) is 9.53 Å². The van der Waals surface area contributed by atoms with Crippen molar-refractivity contribution in [1.82, 2.24) is 4.90 Å². The van der Waals surface area contributed by atoms with Gasteiger partial charge in [0.15, 0.2) is 0 Å². The zero-order valence-electron chi connectivity index (χ0n) is 17.3. The topological polar surface area (TPSA) is 66.8 Å². The summed E-state index contributed by atoms with van der Waals surface area (Å²) in [6.45, 7) is 1.75. The summed E-state index contributed by atoms with van der Waals surface area (Å²) in [7, 11) is 0. The number of aliphatic hydroxyl groups is 1. The van der Waals surface area contributed by atoms with Crippen LogP contribution < -0.4 is 0 Å². The van der Waals surface area contributed by atoms with E-state index < -0.39 is 30.1 Å². The third kappa shape index (κ3) is 4.23. The van der Waals surface area contributed by atoms with E-state index in [1.165, 1.54) is 4.90 Å². The Kier molecular flexibility index (Phi) is 6.14. The molecule has 1 N–H and O–H groups in total. The lowest BCUT2D eigenvalue weighted by molar-refractivity contribution is -0.136. The maximum absolute atomic E-state index is 13.4. The highest BCUT2D eigenvalue weighted by Crippen LogP contribution is 2.36. The van der Waals surface area contributed by atoms with E-state index in [0.717, 1.165) is 11.1 Å². The van der Waals surface area contributed by atoms with Crippen LogP contribution >= 0.6 is 0 Å². The van der Waals surface area contributed by atoms with Gasteiger partial charge in [-0.15, -0.1) is 0 Å². The van der Waals surface area contributed by atoms with E-state index in [1.807, 2.05) is 78.9 Å². The molecular weight excluding hydrogens is 390 g/mol. The van der Waals surface area contributed by atoms with Gasteiger partial charge in [0.05, 0.1) is 18.1 Å². The molecule has 3 atom stereocenters. The first-order valence-electron chi connectivity index (χ1n) is 10.4. The smallest absolute Gasteiger partial charge is 0.417 e. The van der Waals surface area contributed by atoms with E-state index in [1.54, 1.807) is 19.1 Å². The summed E-state index contributed by atoms with van der Waals surface area (Å²) in [5.41, 5.74) is 2.62. The summed E-state index contributed by atoms with van der Waals surface area (Å²) >= 11 is 0. The number of aliphatic hydroxyl groups excluding tert-OH is 1. The minimum atomic E-state index is -1.02. The number of carbonyl (C=O) groups excluding carboxylic acids is 2. The molecule has 0 radical (unpaired) electrons. The molecule has 1 aliphatic heterocycles. The number of imide groups is 1. The number of nitrogens with zero attached hydrogens (tertiary/aromatic N) is 1. The summed E-state index contributed by atoms with van der Waals surface area (Å²) in [6.07, 6.45) is -1.69. The van der Waals surface area contributed by atoms with E-state index in [2.05, 4.69) is 0 Å². The van der Waals surface area contributed by atoms with Gasteiger partial charge >= 0.3 is 6.09 Å². The Bertz CT molecular complexity index is 984. The second-order valence-corrected chi connectivity index (χ2v) is 7.80. The number of rotatable bonds is 6. The molecule has 0 spiro atoms. The Morgan fingerprint density at radius 2 is 1.32 bits per heavy atom. The third-order valence-electron chi connectivity index (χ3n) is 5.85. The van der Waals surface area contributed by atoms with Crippen LogP contribution in [0.3, 0.4) is 0 Å². The van der Waals surface area contributed by atoms with Crippen molar-refractivity contribution in [1.29, 1.82) is 0 Å². The van der Waals surface area contributed by atoms with Gasteiger partial charge in [0, 0.05) is 5.92 Å². The molecule has 0 bridgehead atoms. The third-order valence-corrected chi connectivity index (χ3v) is 5.85. The number of hydrogen-bond acceptors (Lipinski definition) is 4. The predicted molar refractivity (Wildman–Crippen MR) is 117 cm³/mol. The molecule has 4 rings (SSSR count). The normalized spacial score (nSPS) is 18.0. The summed E-state index contributed by atoms with van der Waals surface area (Å²) in [6, 6.07) is 28.1. The Balaban J connectivity index is 1.68. The second kappa shape index (κ2) is 9.14. The van der Waals surface area contributed by atoms with Gasteiger partial charge in [0.1, 0.15) is 6.61 Å². The first kappa shape index (κ1) is 20.8. The minimum Gasteiger partial charge on any atom is -0.447 e. The first-order chi connectivity index (χ1) is 15.1. The maximum Gasteiger partial charge on any atom is 0.417 e. The van der Waals surface area contributed by atoms with Crippen LogP contribution in [0.25, 0.3) is 0 Å². The van der Waals surface area contributed by atoms with E-state index in [-0.39, 0.29) is 12.5 Å². The average Bonchev–Trinajstić information content (AvgIpc) is 3.20. The van der Waals surface area contributed by atoms with Gasteiger partial charge in [-0.25, -0.2) is 9.69 Å². The van der Waals surface area contributed by atoms with Crippen molar-refractivity contribution < 1.29 is 19.4 Å². The van der Waals surface area contributed by atoms with Gasteiger partial charge in [0.25, 0.3) is 0 Å². The van der Waals surface area contributed by atoms with Crippen molar-refractivity contribution in [2.45, 2.75) is 25.0 Å². The van der Waals surface area contributed by atoms with Crippen molar-refractivity contribution in [3.8, 4) is 0 Å². The SMILES string of the molecule is C[C@@H](C(=O)N1C(=O)OC[C@H]1C(c1ccccc1)c1ccccc1)[C@@H](O)c1ccccc1. The van der Waals surface area contributed by atoms with Crippen LogP contribution in [0.5, 0.6) is 0 Å². The van der Waals surface area contributed by atoms with Crippen LogP contribution in [0.1, 0.15) is 35.6 Å².